The number of phenolic OH excluding ortho intramolecular Hbond substituents is 1. The molecule has 9 heteroatoms. The number of likely N-dealkylation sites (tertiary alicyclic amines) is 1. The maximum Gasteiger partial charge on any atom is 0.318 e. The van der Waals surface area contributed by atoms with Crippen LogP contribution in [0.2, 0.25) is 0 Å². The summed E-state index contributed by atoms with van der Waals surface area (Å²) in [5.41, 5.74) is 4.13. The summed E-state index contributed by atoms with van der Waals surface area (Å²) in [6.45, 7) is 14.7. The molecular formula is C29H42N6O3. The SMILES string of the molecule is C=CC(=O)N(CC)CCNc1nc(OCCCN2CCCCC2)nc2c1CCN(c1cc(O)ccc1C)C2. The highest BCUT2D eigenvalue weighted by atomic mass is 16.5. The van der Waals surface area contributed by atoms with E-state index in [-0.39, 0.29) is 11.7 Å². The number of amides is 1. The van der Waals surface area contributed by atoms with E-state index >= 15 is 0 Å². The van der Waals surface area contributed by atoms with Gasteiger partial charge >= 0.3 is 6.01 Å². The fraction of sp³-hybridized carbons (Fsp3) is 0.552. The number of ether oxygens (including phenoxy) is 1. The van der Waals surface area contributed by atoms with Crippen molar-refractivity contribution in [2.75, 3.05) is 62.6 Å². The third-order valence-electron chi connectivity index (χ3n) is 7.42. The normalized spacial score (nSPS) is 15.6. The number of aryl methyl sites for hydroxylation is 1. The molecule has 206 valence electrons. The Kier molecular flexibility index (Phi) is 9.81. The van der Waals surface area contributed by atoms with Crippen molar-refractivity contribution in [2.45, 2.75) is 52.5 Å². The molecule has 0 bridgehead atoms. The van der Waals surface area contributed by atoms with E-state index in [2.05, 4.69) is 28.6 Å². The molecular weight excluding hydrogens is 480 g/mol. The summed E-state index contributed by atoms with van der Waals surface area (Å²) in [6.07, 6.45) is 6.96. The lowest BCUT2D eigenvalue weighted by Crippen LogP contribution is -2.35. The van der Waals surface area contributed by atoms with Gasteiger partial charge in [-0.15, -0.1) is 0 Å². The number of aromatic hydroxyl groups is 1. The van der Waals surface area contributed by atoms with Crippen molar-refractivity contribution in [3.05, 3.63) is 47.7 Å². The number of nitrogens with one attached hydrogen (secondary N) is 1. The summed E-state index contributed by atoms with van der Waals surface area (Å²) in [4.78, 5) is 28.1. The molecule has 1 amide bonds. The predicted molar refractivity (Wildman–Crippen MR) is 151 cm³/mol. The Morgan fingerprint density at radius 1 is 1.24 bits per heavy atom. The van der Waals surface area contributed by atoms with Crippen LogP contribution in [0, 0.1) is 6.92 Å². The molecule has 4 rings (SSSR count). The van der Waals surface area contributed by atoms with Crippen LogP contribution in [0.5, 0.6) is 11.8 Å². The average molecular weight is 523 g/mol. The Morgan fingerprint density at radius 2 is 2.05 bits per heavy atom. The van der Waals surface area contributed by atoms with E-state index in [0.717, 1.165) is 54.3 Å². The van der Waals surface area contributed by atoms with E-state index in [4.69, 9.17) is 14.7 Å². The Bertz CT molecular complexity index is 1100. The van der Waals surface area contributed by atoms with E-state index in [1.54, 1.807) is 11.0 Å². The zero-order valence-electron chi connectivity index (χ0n) is 22.9. The van der Waals surface area contributed by atoms with Crippen LogP contribution in [0.1, 0.15) is 49.4 Å². The Hall–Kier alpha value is -3.33. The van der Waals surface area contributed by atoms with Crippen molar-refractivity contribution in [3.8, 4) is 11.8 Å². The molecule has 0 spiro atoms. The molecule has 3 heterocycles. The number of hydrogen-bond acceptors (Lipinski definition) is 8. The van der Waals surface area contributed by atoms with E-state index in [1.165, 1.54) is 38.4 Å². The van der Waals surface area contributed by atoms with Gasteiger partial charge in [0.2, 0.25) is 5.91 Å². The molecule has 2 aliphatic heterocycles. The number of hydrogen-bond donors (Lipinski definition) is 2. The number of rotatable bonds is 12. The molecule has 9 nitrogen and oxygen atoms in total. The number of likely N-dealkylation sites (N-methyl/N-ethyl adjacent to an activating group) is 1. The molecule has 0 unspecified atom stereocenters. The highest BCUT2D eigenvalue weighted by Gasteiger charge is 2.24. The summed E-state index contributed by atoms with van der Waals surface area (Å²) in [6, 6.07) is 5.85. The van der Waals surface area contributed by atoms with Gasteiger partial charge in [0.25, 0.3) is 0 Å². The second-order valence-corrected chi connectivity index (χ2v) is 10.1. The van der Waals surface area contributed by atoms with E-state index in [0.29, 0.717) is 38.8 Å². The standard InChI is InChI=1S/C29H42N6O3/c1-4-27(37)34(5-2)18-13-30-28-24-12-17-35(26-20-23(36)11-10-22(26)3)21-25(24)31-29(32-28)38-19-9-16-33-14-7-6-8-15-33/h4,10-11,20,36H,1,5-9,12-19,21H2,2-3H3,(H,30,31,32). The number of aromatic nitrogens is 2. The van der Waals surface area contributed by atoms with Gasteiger partial charge in [-0.1, -0.05) is 19.1 Å². The fourth-order valence-electron chi connectivity index (χ4n) is 5.26. The average Bonchev–Trinajstić information content (AvgIpc) is 2.94. The second kappa shape index (κ2) is 13.5. The molecule has 0 atom stereocenters. The first-order valence-corrected chi connectivity index (χ1v) is 13.9. The lowest BCUT2D eigenvalue weighted by atomic mass is 10.0. The van der Waals surface area contributed by atoms with Crippen molar-refractivity contribution < 1.29 is 14.6 Å². The minimum atomic E-state index is -0.0751. The zero-order valence-corrected chi connectivity index (χ0v) is 22.9. The number of phenols is 1. The van der Waals surface area contributed by atoms with E-state index in [1.807, 2.05) is 19.1 Å². The van der Waals surface area contributed by atoms with Crippen molar-refractivity contribution in [2.24, 2.45) is 0 Å². The summed E-state index contributed by atoms with van der Waals surface area (Å²) >= 11 is 0. The number of piperidine rings is 1. The van der Waals surface area contributed by atoms with Crippen LogP contribution >= 0.6 is 0 Å². The number of anilines is 2. The molecule has 1 saturated heterocycles. The number of carbonyl (C=O) groups excluding carboxylic acids is 1. The largest absolute Gasteiger partial charge is 0.508 e. The van der Waals surface area contributed by atoms with Gasteiger partial charge in [-0.25, -0.2) is 0 Å². The van der Waals surface area contributed by atoms with Crippen LogP contribution in [-0.4, -0.2) is 83.2 Å². The van der Waals surface area contributed by atoms with E-state index < -0.39 is 0 Å². The summed E-state index contributed by atoms with van der Waals surface area (Å²) < 4.78 is 6.07. The fourth-order valence-corrected chi connectivity index (χ4v) is 5.26. The molecule has 0 saturated carbocycles. The quantitative estimate of drug-likeness (QED) is 0.322. The molecule has 2 aliphatic rings. The van der Waals surface area contributed by atoms with Gasteiger partial charge in [0.05, 0.1) is 18.8 Å². The Labute approximate surface area is 226 Å². The van der Waals surface area contributed by atoms with Gasteiger partial charge in [0.15, 0.2) is 0 Å². The van der Waals surface area contributed by atoms with Gasteiger partial charge in [-0.05, 0) is 70.3 Å². The molecule has 2 N–H and O–H groups in total. The van der Waals surface area contributed by atoms with Gasteiger partial charge in [-0.2, -0.15) is 9.97 Å². The molecule has 1 aromatic carbocycles. The number of fused-ring (bicyclic) bond motifs is 1. The monoisotopic (exact) mass is 522 g/mol. The maximum atomic E-state index is 12.1. The smallest absolute Gasteiger partial charge is 0.318 e. The summed E-state index contributed by atoms with van der Waals surface area (Å²) in [7, 11) is 0. The Morgan fingerprint density at radius 3 is 2.82 bits per heavy atom. The highest BCUT2D eigenvalue weighted by Crippen LogP contribution is 2.32. The predicted octanol–water partition coefficient (Wildman–Crippen LogP) is 3.75. The first kappa shape index (κ1) is 27.7. The van der Waals surface area contributed by atoms with Gasteiger partial charge in [0, 0.05) is 50.0 Å². The highest BCUT2D eigenvalue weighted by molar-refractivity contribution is 5.87. The first-order chi connectivity index (χ1) is 18.5. The molecule has 2 aromatic rings. The van der Waals surface area contributed by atoms with Gasteiger partial charge in [-0.3, -0.25) is 4.79 Å². The minimum absolute atomic E-state index is 0.0751. The molecule has 38 heavy (non-hydrogen) atoms. The summed E-state index contributed by atoms with van der Waals surface area (Å²) in [5.74, 6) is 0.956. The number of carbonyl (C=O) groups is 1. The van der Waals surface area contributed by atoms with Crippen LogP contribution in [0.15, 0.2) is 30.9 Å². The third-order valence-corrected chi connectivity index (χ3v) is 7.42. The first-order valence-electron chi connectivity index (χ1n) is 13.9. The maximum absolute atomic E-state index is 12.1. The van der Waals surface area contributed by atoms with Crippen molar-refractivity contribution in [3.63, 3.8) is 0 Å². The molecule has 1 aromatic heterocycles. The number of nitrogens with zero attached hydrogens (tertiary/aromatic N) is 5. The zero-order chi connectivity index (χ0) is 26.9. The van der Waals surface area contributed by atoms with Crippen molar-refractivity contribution >= 4 is 17.4 Å². The molecule has 1 fully saturated rings. The van der Waals surface area contributed by atoms with Crippen LogP contribution in [-0.2, 0) is 17.8 Å². The summed E-state index contributed by atoms with van der Waals surface area (Å²) in [5, 5.41) is 13.5. The number of benzene rings is 1. The van der Waals surface area contributed by atoms with E-state index in [9.17, 15) is 9.90 Å². The van der Waals surface area contributed by atoms with Crippen LogP contribution in [0.3, 0.4) is 0 Å². The van der Waals surface area contributed by atoms with Crippen LogP contribution in [0.25, 0.3) is 0 Å². The molecule has 0 radical (unpaired) electrons. The lowest BCUT2D eigenvalue weighted by Gasteiger charge is -2.32. The van der Waals surface area contributed by atoms with Crippen molar-refractivity contribution in [1.82, 2.24) is 19.8 Å². The van der Waals surface area contributed by atoms with Gasteiger partial charge < -0.3 is 29.9 Å². The Balaban J connectivity index is 1.47. The van der Waals surface area contributed by atoms with Crippen LogP contribution in [0.4, 0.5) is 11.5 Å². The second-order valence-electron chi connectivity index (χ2n) is 10.1. The van der Waals surface area contributed by atoms with Gasteiger partial charge in [0.1, 0.15) is 11.6 Å². The minimum Gasteiger partial charge on any atom is -0.508 e. The third kappa shape index (κ3) is 7.16. The van der Waals surface area contributed by atoms with Crippen molar-refractivity contribution in [1.29, 1.82) is 0 Å². The molecule has 0 aliphatic carbocycles. The lowest BCUT2D eigenvalue weighted by molar-refractivity contribution is -0.125. The van der Waals surface area contributed by atoms with Crippen LogP contribution < -0.4 is 15.0 Å². The topological polar surface area (TPSA) is 94.1 Å².